The number of hydrogen-bond acceptors (Lipinski definition) is 6. The number of carbonyl (C=O) groups excluding carboxylic acids is 1. The summed E-state index contributed by atoms with van der Waals surface area (Å²) in [4.78, 5) is 15.9. The molecule has 0 aliphatic rings. The number of pyridine rings is 1. The minimum Gasteiger partial charge on any atom is -0.474 e. The van der Waals surface area contributed by atoms with Gasteiger partial charge in [0.25, 0.3) is 0 Å². The van der Waals surface area contributed by atoms with Gasteiger partial charge in [0.1, 0.15) is 6.61 Å². The molecule has 0 radical (unpaired) electrons. The number of methoxy groups -OCH3 is 1. The standard InChI is InChI=1S/C17H20N4O3/c1-13-9-14(11-18-10-13)3-5-16(22)19-12-15-4-6-17(21-20-15)24-8-7-23-2/h3-6,9-11H,7-8,12H2,1-2H3,(H,19,22)/b5-3+. The van der Waals surface area contributed by atoms with Crippen LogP contribution in [0.5, 0.6) is 5.88 Å². The Kier molecular flexibility index (Phi) is 6.85. The Balaban J connectivity index is 1.79. The summed E-state index contributed by atoms with van der Waals surface area (Å²) in [5.41, 5.74) is 2.57. The van der Waals surface area contributed by atoms with Gasteiger partial charge < -0.3 is 14.8 Å². The monoisotopic (exact) mass is 328 g/mol. The maximum Gasteiger partial charge on any atom is 0.244 e. The van der Waals surface area contributed by atoms with E-state index in [1.165, 1.54) is 6.08 Å². The van der Waals surface area contributed by atoms with Crippen molar-refractivity contribution in [2.45, 2.75) is 13.5 Å². The van der Waals surface area contributed by atoms with Gasteiger partial charge in [-0.1, -0.05) is 0 Å². The average molecular weight is 328 g/mol. The molecule has 0 saturated carbocycles. The van der Waals surface area contributed by atoms with Crippen molar-refractivity contribution in [1.29, 1.82) is 0 Å². The van der Waals surface area contributed by atoms with Gasteiger partial charge in [-0.05, 0) is 36.3 Å². The summed E-state index contributed by atoms with van der Waals surface area (Å²) in [6, 6.07) is 5.41. The molecular weight excluding hydrogens is 308 g/mol. The van der Waals surface area contributed by atoms with Crippen molar-refractivity contribution < 1.29 is 14.3 Å². The van der Waals surface area contributed by atoms with Gasteiger partial charge in [0.15, 0.2) is 0 Å². The summed E-state index contributed by atoms with van der Waals surface area (Å²) in [7, 11) is 1.60. The summed E-state index contributed by atoms with van der Waals surface area (Å²) in [6.07, 6.45) is 6.64. The number of nitrogens with zero attached hydrogens (tertiary/aromatic N) is 3. The molecule has 0 spiro atoms. The molecule has 0 atom stereocenters. The molecule has 24 heavy (non-hydrogen) atoms. The lowest BCUT2D eigenvalue weighted by Gasteiger charge is -2.05. The zero-order valence-electron chi connectivity index (χ0n) is 13.7. The summed E-state index contributed by atoms with van der Waals surface area (Å²) < 4.78 is 10.2. The predicted molar refractivity (Wildman–Crippen MR) is 89.3 cm³/mol. The highest BCUT2D eigenvalue weighted by atomic mass is 16.5. The molecule has 2 aromatic heterocycles. The smallest absolute Gasteiger partial charge is 0.244 e. The van der Waals surface area contributed by atoms with Gasteiger partial charge in [-0.3, -0.25) is 9.78 Å². The summed E-state index contributed by atoms with van der Waals surface area (Å²) in [5.74, 6) is 0.215. The minimum absolute atomic E-state index is 0.210. The highest BCUT2D eigenvalue weighted by molar-refractivity contribution is 5.91. The van der Waals surface area contributed by atoms with Crippen LogP contribution in [0.4, 0.5) is 0 Å². The molecule has 2 aromatic rings. The number of hydrogen-bond donors (Lipinski definition) is 1. The lowest BCUT2D eigenvalue weighted by Crippen LogP contribution is -2.21. The first-order chi connectivity index (χ1) is 11.7. The molecular formula is C17H20N4O3. The third-order valence-corrected chi connectivity index (χ3v) is 3.00. The van der Waals surface area contributed by atoms with Crippen LogP contribution in [0.15, 0.2) is 36.7 Å². The van der Waals surface area contributed by atoms with E-state index in [1.807, 2.05) is 13.0 Å². The highest BCUT2D eigenvalue weighted by Crippen LogP contribution is 2.05. The van der Waals surface area contributed by atoms with Crippen molar-refractivity contribution in [2.75, 3.05) is 20.3 Å². The maximum atomic E-state index is 11.8. The van der Waals surface area contributed by atoms with Crippen LogP contribution in [0.3, 0.4) is 0 Å². The molecule has 1 amide bonds. The van der Waals surface area contributed by atoms with E-state index in [0.29, 0.717) is 31.3 Å². The Morgan fingerprint density at radius 2 is 2.12 bits per heavy atom. The van der Waals surface area contributed by atoms with Crippen LogP contribution in [0, 0.1) is 6.92 Å². The van der Waals surface area contributed by atoms with Crippen LogP contribution in [0.25, 0.3) is 6.08 Å². The SMILES string of the molecule is COCCOc1ccc(CNC(=O)/C=C/c2cncc(C)c2)nn1. The predicted octanol–water partition coefficient (Wildman–Crippen LogP) is 1.53. The van der Waals surface area contributed by atoms with E-state index in [-0.39, 0.29) is 5.91 Å². The number of aromatic nitrogens is 3. The zero-order chi connectivity index (χ0) is 17.2. The molecule has 0 saturated heterocycles. The van der Waals surface area contributed by atoms with Gasteiger partial charge in [-0.15, -0.1) is 5.10 Å². The molecule has 2 rings (SSSR count). The zero-order valence-corrected chi connectivity index (χ0v) is 13.7. The van der Waals surface area contributed by atoms with Crippen molar-refractivity contribution in [3.63, 3.8) is 0 Å². The van der Waals surface area contributed by atoms with Gasteiger partial charge in [-0.25, -0.2) is 0 Å². The summed E-state index contributed by atoms with van der Waals surface area (Å²) in [6.45, 7) is 3.15. The second-order valence-electron chi connectivity index (χ2n) is 5.05. The molecule has 7 nitrogen and oxygen atoms in total. The summed E-state index contributed by atoms with van der Waals surface area (Å²) in [5, 5.41) is 10.7. The molecule has 0 aliphatic carbocycles. The molecule has 0 fully saturated rings. The van der Waals surface area contributed by atoms with Gasteiger partial charge in [0, 0.05) is 31.6 Å². The van der Waals surface area contributed by atoms with Crippen LogP contribution in [-0.4, -0.2) is 41.4 Å². The maximum absolute atomic E-state index is 11.8. The van der Waals surface area contributed by atoms with Crippen LogP contribution < -0.4 is 10.1 Å². The van der Waals surface area contributed by atoms with E-state index in [4.69, 9.17) is 9.47 Å². The number of nitrogens with one attached hydrogen (secondary N) is 1. The van der Waals surface area contributed by atoms with Crippen molar-refractivity contribution in [2.24, 2.45) is 0 Å². The lowest BCUT2D eigenvalue weighted by molar-refractivity contribution is -0.116. The van der Waals surface area contributed by atoms with E-state index in [2.05, 4.69) is 20.5 Å². The van der Waals surface area contributed by atoms with Crippen molar-refractivity contribution in [1.82, 2.24) is 20.5 Å². The quantitative estimate of drug-likeness (QED) is 0.584. The van der Waals surface area contributed by atoms with Crippen LogP contribution in [0.1, 0.15) is 16.8 Å². The fraction of sp³-hybridized carbons (Fsp3) is 0.294. The minimum atomic E-state index is -0.210. The second kappa shape index (κ2) is 9.36. The number of amides is 1. The van der Waals surface area contributed by atoms with Crippen molar-refractivity contribution in [3.8, 4) is 5.88 Å². The van der Waals surface area contributed by atoms with Crippen molar-refractivity contribution in [3.05, 3.63) is 53.5 Å². The van der Waals surface area contributed by atoms with E-state index < -0.39 is 0 Å². The first-order valence-electron chi connectivity index (χ1n) is 7.49. The van der Waals surface area contributed by atoms with Gasteiger partial charge in [0.05, 0.1) is 18.8 Å². The van der Waals surface area contributed by atoms with Crippen LogP contribution in [-0.2, 0) is 16.1 Å². The fourth-order valence-electron chi connectivity index (χ4n) is 1.83. The fourth-order valence-corrected chi connectivity index (χ4v) is 1.83. The Labute approximate surface area is 140 Å². The lowest BCUT2D eigenvalue weighted by atomic mass is 10.2. The molecule has 0 bridgehead atoms. The molecule has 1 N–H and O–H groups in total. The Morgan fingerprint density at radius 3 is 2.83 bits per heavy atom. The topological polar surface area (TPSA) is 86.2 Å². The third kappa shape index (κ3) is 6.13. The van der Waals surface area contributed by atoms with Gasteiger partial charge >= 0.3 is 0 Å². The van der Waals surface area contributed by atoms with Crippen molar-refractivity contribution >= 4 is 12.0 Å². The summed E-state index contributed by atoms with van der Waals surface area (Å²) >= 11 is 0. The first-order valence-corrected chi connectivity index (χ1v) is 7.49. The number of aryl methyl sites for hydroxylation is 1. The number of ether oxygens (including phenoxy) is 2. The Bertz CT molecular complexity index is 686. The van der Waals surface area contributed by atoms with Gasteiger partial charge in [0.2, 0.25) is 11.8 Å². The van der Waals surface area contributed by atoms with E-state index in [1.54, 1.807) is 37.7 Å². The largest absolute Gasteiger partial charge is 0.474 e. The second-order valence-corrected chi connectivity index (χ2v) is 5.05. The molecule has 0 aliphatic heterocycles. The molecule has 126 valence electrons. The third-order valence-electron chi connectivity index (χ3n) is 3.00. The van der Waals surface area contributed by atoms with E-state index >= 15 is 0 Å². The average Bonchev–Trinajstić information content (AvgIpc) is 2.59. The molecule has 0 aromatic carbocycles. The number of rotatable bonds is 8. The Hall–Kier alpha value is -2.80. The molecule has 7 heteroatoms. The molecule has 2 heterocycles. The van der Waals surface area contributed by atoms with Crippen LogP contribution in [0.2, 0.25) is 0 Å². The number of carbonyl (C=O) groups is 1. The normalized spacial score (nSPS) is 10.8. The van der Waals surface area contributed by atoms with E-state index in [0.717, 1.165) is 11.1 Å². The van der Waals surface area contributed by atoms with Gasteiger partial charge in [-0.2, -0.15) is 5.10 Å². The van der Waals surface area contributed by atoms with Crippen LogP contribution >= 0.6 is 0 Å². The highest BCUT2D eigenvalue weighted by Gasteiger charge is 2.01. The molecule has 0 unspecified atom stereocenters. The van der Waals surface area contributed by atoms with E-state index in [9.17, 15) is 4.79 Å². The first kappa shape index (κ1) is 17.6. The Morgan fingerprint density at radius 1 is 1.25 bits per heavy atom.